The molecule has 1 fully saturated rings. The smallest absolute Gasteiger partial charge is 0.240 e. The summed E-state index contributed by atoms with van der Waals surface area (Å²) in [5.74, 6) is -0.318. The van der Waals surface area contributed by atoms with E-state index in [1.807, 2.05) is 7.05 Å². The highest BCUT2D eigenvalue weighted by Crippen LogP contribution is 2.29. The Balaban J connectivity index is 1.83. The Morgan fingerprint density at radius 3 is 2.34 bits per heavy atom. The lowest BCUT2D eigenvalue weighted by molar-refractivity contribution is -0.119. The number of hydrogen-bond acceptors (Lipinski definition) is 3. The van der Waals surface area contributed by atoms with Crippen LogP contribution in [0.4, 0.5) is 5.69 Å². The molecular weight excluding hydrogens is 407 g/mol. The van der Waals surface area contributed by atoms with Gasteiger partial charge in [-0.15, -0.1) is 0 Å². The van der Waals surface area contributed by atoms with Gasteiger partial charge in [0.1, 0.15) is 0 Å². The highest BCUT2D eigenvalue weighted by atomic mass is 35.5. The summed E-state index contributed by atoms with van der Waals surface area (Å²) in [6.07, 6.45) is 5.96. The monoisotopic (exact) mass is 432 g/mol. The maximum atomic E-state index is 13.1. The fourth-order valence-electron chi connectivity index (χ4n) is 3.88. The number of hydrogen-bond donors (Lipinski definition) is 0. The van der Waals surface area contributed by atoms with Gasteiger partial charge in [0.2, 0.25) is 5.91 Å². The first-order chi connectivity index (χ1) is 13.9. The van der Waals surface area contributed by atoms with Crippen LogP contribution in [0.25, 0.3) is 0 Å². The molecule has 0 N–H and O–H groups in total. The van der Waals surface area contributed by atoms with Crippen molar-refractivity contribution in [3.05, 3.63) is 63.6 Å². The Bertz CT molecular complexity index is 894. The molecule has 1 aliphatic rings. The van der Waals surface area contributed by atoms with Gasteiger partial charge in [-0.2, -0.15) is 0 Å². The third kappa shape index (κ3) is 5.19. The van der Waals surface area contributed by atoms with E-state index in [4.69, 9.17) is 23.2 Å². The molecule has 0 bridgehead atoms. The van der Waals surface area contributed by atoms with E-state index in [-0.39, 0.29) is 11.7 Å². The molecule has 1 amide bonds. The number of anilines is 1. The fourth-order valence-corrected chi connectivity index (χ4v) is 4.27. The van der Waals surface area contributed by atoms with E-state index in [9.17, 15) is 9.59 Å². The second-order valence-electron chi connectivity index (χ2n) is 7.63. The molecule has 0 aromatic heterocycles. The summed E-state index contributed by atoms with van der Waals surface area (Å²) in [4.78, 5) is 29.8. The average molecular weight is 433 g/mol. The summed E-state index contributed by atoms with van der Waals surface area (Å²) < 4.78 is 0. The summed E-state index contributed by atoms with van der Waals surface area (Å²) in [6, 6.07) is 12.3. The molecule has 0 saturated heterocycles. The second-order valence-corrected chi connectivity index (χ2v) is 8.47. The van der Waals surface area contributed by atoms with Gasteiger partial charge in [-0.3, -0.25) is 14.5 Å². The van der Waals surface area contributed by atoms with Crippen LogP contribution < -0.4 is 4.90 Å². The molecule has 0 unspecified atom stereocenters. The molecule has 1 saturated carbocycles. The highest BCUT2D eigenvalue weighted by molar-refractivity contribution is 6.36. The number of carbonyl (C=O) groups is 2. The molecule has 0 radical (unpaired) electrons. The van der Waals surface area contributed by atoms with Gasteiger partial charge >= 0.3 is 0 Å². The zero-order valence-electron chi connectivity index (χ0n) is 16.8. The number of benzene rings is 2. The van der Waals surface area contributed by atoms with Gasteiger partial charge < -0.3 is 4.90 Å². The van der Waals surface area contributed by atoms with E-state index in [1.54, 1.807) is 54.4 Å². The van der Waals surface area contributed by atoms with E-state index in [0.717, 1.165) is 12.8 Å². The van der Waals surface area contributed by atoms with Crippen molar-refractivity contribution in [2.75, 3.05) is 25.5 Å². The molecular formula is C23H26Cl2N2O2. The maximum Gasteiger partial charge on any atom is 0.240 e. The van der Waals surface area contributed by atoms with Crippen LogP contribution in [0.1, 0.15) is 48.0 Å². The molecule has 2 aromatic carbocycles. The van der Waals surface area contributed by atoms with Crippen LogP contribution in [-0.2, 0) is 4.79 Å². The van der Waals surface area contributed by atoms with Crippen molar-refractivity contribution >= 4 is 40.6 Å². The first-order valence-electron chi connectivity index (χ1n) is 9.94. The molecule has 154 valence electrons. The largest absolute Gasteiger partial charge is 0.314 e. The Hall–Kier alpha value is -1.88. The molecule has 2 aromatic rings. The predicted molar refractivity (Wildman–Crippen MR) is 119 cm³/mol. The normalized spacial score (nSPS) is 14.8. The van der Waals surface area contributed by atoms with Crippen LogP contribution in [0.5, 0.6) is 0 Å². The topological polar surface area (TPSA) is 40.6 Å². The standard InChI is InChI=1S/C23H26Cl2N2O2/c1-26(17-8-4-3-5-9-17)15-22(28)27(2)21-13-12-16(24)14-19(21)23(29)18-10-6-7-11-20(18)25/h6-7,10-14,17H,3-5,8-9,15H2,1-2H3. The number of likely N-dealkylation sites (N-methyl/N-ethyl adjacent to an activating group) is 2. The third-order valence-corrected chi connectivity index (χ3v) is 6.20. The van der Waals surface area contributed by atoms with Gasteiger partial charge in [-0.1, -0.05) is 54.6 Å². The van der Waals surface area contributed by atoms with Gasteiger partial charge in [0, 0.05) is 29.2 Å². The maximum absolute atomic E-state index is 13.1. The first-order valence-corrected chi connectivity index (χ1v) is 10.7. The minimum Gasteiger partial charge on any atom is -0.314 e. The van der Waals surface area contributed by atoms with Crippen molar-refractivity contribution in [2.45, 2.75) is 38.1 Å². The van der Waals surface area contributed by atoms with Gasteiger partial charge in [0.15, 0.2) is 5.78 Å². The number of nitrogens with zero attached hydrogens (tertiary/aromatic N) is 2. The summed E-state index contributed by atoms with van der Waals surface area (Å²) in [5, 5.41) is 0.804. The van der Waals surface area contributed by atoms with Crippen LogP contribution in [0.2, 0.25) is 10.0 Å². The van der Waals surface area contributed by atoms with Crippen LogP contribution >= 0.6 is 23.2 Å². The quantitative estimate of drug-likeness (QED) is 0.569. The van der Waals surface area contributed by atoms with Crippen molar-refractivity contribution in [1.29, 1.82) is 0 Å². The van der Waals surface area contributed by atoms with Crippen molar-refractivity contribution in [1.82, 2.24) is 4.90 Å². The molecule has 29 heavy (non-hydrogen) atoms. The fraction of sp³-hybridized carbons (Fsp3) is 0.391. The van der Waals surface area contributed by atoms with E-state index < -0.39 is 0 Å². The summed E-state index contributed by atoms with van der Waals surface area (Å²) >= 11 is 12.4. The van der Waals surface area contributed by atoms with Gasteiger partial charge in [-0.25, -0.2) is 0 Å². The van der Waals surface area contributed by atoms with Crippen LogP contribution in [0.3, 0.4) is 0 Å². The molecule has 0 aliphatic heterocycles. The van der Waals surface area contributed by atoms with E-state index in [0.29, 0.717) is 39.4 Å². The lowest BCUT2D eigenvalue weighted by atomic mass is 9.94. The van der Waals surface area contributed by atoms with E-state index in [2.05, 4.69) is 4.90 Å². The number of halogens is 2. The minimum absolute atomic E-state index is 0.0615. The summed E-state index contributed by atoms with van der Waals surface area (Å²) in [7, 11) is 3.70. The Labute approximate surface area is 182 Å². The summed E-state index contributed by atoms with van der Waals surface area (Å²) in [6.45, 7) is 0.309. The lowest BCUT2D eigenvalue weighted by Gasteiger charge is -2.32. The van der Waals surface area contributed by atoms with Crippen LogP contribution in [-0.4, -0.2) is 43.3 Å². The van der Waals surface area contributed by atoms with Crippen molar-refractivity contribution in [3.8, 4) is 0 Å². The Morgan fingerprint density at radius 2 is 1.66 bits per heavy atom. The van der Waals surface area contributed by atoms with Crippen LogP contribution in [0, 0.1) is 0 Å². The van der Waals surface area contributed by atoms with Gasteiger partial charge in [0.05, 0.1) is 17.3 Å². The van der Waals surface area contributed by atoms with Crippen molar-refractivity contribution in [3.63, 3.8) is 0 Å². The molecule has 0 heterocycles. The Kier molecular flexibility index (Phi) is 7.33. The zero-order chi connectivity index (χ0) is 21.0. The molecule has 3 rings (SSSR count). The molecule has 1 aliphatic carbocycles. The number of rotatable bonds is 6. The predicted octanol–water partition coefficient (Wildman–Crippen LogP) is 5.45. The molecule has 0 atom stereocenters. The van der Waals surface area contributed by atoms with E-state index >= 15 is 0 Å². The van der Waals surface area contributed by atoms with Crippen molar-refractivity contribution in [2.24, 2.45) is 0 Å². The Morgan fingerprint density at radius 1 is 0.966 bits per heavy atom. The first kappa shape index (κ1) is 21.8. The van der Waals surface area contributed by atoms with Crippen LogP contribution in [0.15, 0.2) is 42.5 Å². The van der Waals surface area contributed by atoms with E-state index in [1.165, 1.54) is 19.3 Å². The molecule has 4 nitrogen and oxygen atoms in total. The second kappa shape index (κ2) is 9.75. The number of amides is 1. The third-order valence-electron chi connectivity index (χ3n) is 5.64. The average Bonchev–Trinajstić information content (AvgIpc) is 2.73. The SMILES string of the molecule is CN(C(=O)CN(C)C1CCCCC1)c1ccc(Cl)cc1C(=O)c1ccccc1Cl. The van der Waals surface area contributed by atoms with Gasteiger partial charge in [-0.05, 0) is 50.2 Å². The minimum atomic E-state index is -0.256. The molecule has 0 spiro atoms. The lowest BCUT2D eigenvalue weighted by Crippen LogP contribution is -2.42. The van der Waals surface area contributed by atoms with Crippen molar-refractivity contribution < 1.29 is 9.59 Å². The highest BCUT2D eigenvalue weighted by Gasteiger charge is 2.25. The number of ketones is 1. The molecule has 6 heteroatoms. The van der Waals surface area contributed by atoms with Gasteiger partial charge in [0.25, 0.3) is 0 Å². The summed E-state index contributed by atoms with van der Waals surface area (Å²) in [5.41, 5.74) is 1.28. The number of carbonyl (C=O) groups excluding carboxylic acids is 2. The zero-order valence-corrected chi connectivity index (χ0v) is 18.3.